The van der Waals surface area contributed by atoms with Gasteiger partial charge in [0.1, 0.15) is 5.75 Å². The second-order valence-electron chi connectivity index (χ2n) is 4.79. The molecule has 2 rings (SSSR count). The number of aromatic hydroxyl groups is 1. The molecule has 0 atom stereocenters. The van der Waals surface area contributed by atoms with Crippen LogP contribution in [0.1, 0.15) is 11.1 Å². The van der Waals surface area contributed by atoms with Gasteiger partial charge in [-0.1, -0.05) is 12.1 Å². The molecule has 0 aliphatic carbocycles. The summed E-state index contributed by atoms with van der Waals surface area (Å²) >= 11 is 0. The van der Waals surface area contributed by atoms with Crippen molar-refractivity contribution in [2.24, 2.45) is 0 Å². The Morgan fingerprint density at radius 1 is 1.14 bits per heavy atom. The first-order valence-electron chi connectivity index (χ1n) is 6.29. The number of nitro groups is 1. The van der Waals surface area contributed by atoms with Gasteiger partial charge < -0.3 is 5.11 Å². The molecular weight excluding hydrogens is 308 g/mol. The van der Waals surface area contributed by atoms with E-state index in [1.807, 2.05) is 0 Å². The maximum atomic E-state index is 12.4. The Morgan fingerprint density at radius 3 is 2.23 bits per heavy atom. The number of para-hydroxylation sites is 1. The quantitative estimate of drug-likeness (QED) is 0.511. The minimum absolute atomic E-state index is 0.0774. The maximum absolute atomic E-state index is 12.4. The Balaban J connectivity index is 2.47. The van der Waals surface area contributed by atoms with Crippen molar-refractivity contribution in [1.29, 1.82) is 0 Å². The predicted molar refractivity (Wildman–Crippen MR) is 81.5 cm³/mol. The number of aryl methyl sites for hydroxylation is 2. The van der Waals surface area contributed by atoms with Gasteiger partial charge in [-0.15, -0.1) is 0 Å². The zero-order valence-electron chi connectivity index (χ0n) is 11.9. The van der Waals surface area contributed by atoms with Gasteiger partial charge in [-0.05, 0) is 43.2 Å². The van der Waals surface area contributed by atoms with Gasteiger partial charge in [0.25, 0.3) is 15.7 Å². The van der Waals surface area contributed by atoms with Gasteiger partial charge in [-0.2, -0.15) is 0 Å². The molecule has 8 heteroatoms. The fourth-order valence-electron chi connectivity index (χ4n) is 2.06. The summed E-state index contributed by atoms with van der Waals surface area (Å²) in [6, 6.07) is 8.01. The van der Waals surface area contributed by atoms with Crippen molar-refractivity contribution in [2.75, 3.05) is 4.72 Å². The number of hydrogen-bond acceptors (Lipinski definition) is 5. The second kappa shape index (κ2) is 5.64. The number of benzene rings is 2. The van der Waals surface area contributed by atoms with E-state index in [1.165, 1.54) is 30.3 Å². The maximum Gasteiger partial charge on any atom is 0.289 e. The lowest BCUT2D eigenvalue weighted by Gasteiger charge is -2.11. The van der Waals surface area contributed by atoms with Crippen LogP contribution in [-0.4, -0.2) is 18.4 Å². The van der Waals surface area contributed by atoms with Crippen molar-refractivity contribution >= 4 is 21.4 Å². The van der Waals surface area contributed by atoms with Crippen molar-refractivity contribution in [2.45, 2.75) is 18.7 Å². The van der Waals surface area contributed by atoms with Crippen LogP contribution >= 0.6 is 0 Å². The summed E-state index contributed by atoms with van der Waals surface area (Å²) < 4.78 is 27.0. The normalized spacial score (nSPS) is 11.2. The van der Waals surface area contributed by atoms with Gasteiger partial charge in [0.05, 0.1) is 4.92 Å². The molecular formula is C14H14N2O5S. The van der Waals surface area contributed by atoms with E-state index in [2.05, 4.69) is 4.72 Å². The van der Waals surface area contributed by atoms with E-state index in [0.717, 1.165) is 6.07 Å². The molecule has 0 saturated carbocycles. The molecule has 2 aromatic carbocycles. The lowest BCUT2D eigenvalue weighted by atomic mass is 10.1. The minimum atomic E-state index is -4.11. The molecule has 7 nitrogen and oxygen atoms in total. The highest BCUT2D eigenvalue weighted by atomic mass is 32.2. The lowest BCUT2D eigenvalue weighted by molar-refractivity contribution is -0.387. The average molecular weight is 322 g/mol. The lowest BCUT2D eigenvalue weighted by Crippen LogP contribution is -2.14. The Morgan fingerprint density at radius 2 is 1.68 bits per heavy atom. The zero-order chi connectivity index (χ0) is 16.5. The van der Waals surface area contributed by atoms with Gasteiger partial charge in [-0.25, -0.2) is 8.42 Å². The van der Waals surface area contributed by atoms with Crippen LogP contribution in [0.4, 0.5) is 11.4 Å². The Kier molecular flexibility index (Phi) is 4.05. The third-order valence-corrected chi connectivity index (χ3v) is 4.52. The minimum Gasteiger partial charge on any atom is -0.507 e. The number of anilines is 1. The second-order valence-corrected chi connectivity index (χ2v) is 6.44. The van der Waals surface area contributed by atoms with Crippen LogP contribution in [0.2, 0.25) is 0 Å². The van der Waals surface area contributed by atoms with E-state index in [4.69, 9.17) is 0 Å². The SMILES string of the molecule is Cc1cc(NS(=O)(=O)c2ccccc2[N+](=O)[O-])cc(C)c1O. The molecule has 0 aliphatic heterocycles. The van der Waals surface area contributed by atoms with E-state index in [0.29, 0.717) is 11.1 Å². The standard InChI is InChI=1S/C14H14N2O5S/c1-9-7-11(8-10(2)14(9)17)15-22(20,21)13-6-4-3-5-12(13)16(18)19/h3-8,15,17H,1-2H3. The van der Waals surface area contributed by atoms with Crippen LogP contribution in [0.5, 0.6) is 5.75 Å². The van der Waals surface area contributed by atoms with Crippen LogP contribution in [0.3, 0.4) is 0 Å². The molecule has 0 bridgehead atoms. The van der Waals surface area contributed by atoms with Crippen LogP contribution in [-0.2, 0) is 10.0 Å². The molecule has 0 spiro atoms. The fraction of sp³-hybridized carbons (Fsp3) is 0.143. The Hall–Kier alpha value is -2.61. The van der Waals surface area contributed by atoms with Crippen molar-refractivity contribution in [1.82, 2.24) is 0 Å². The molecule has 0 saturated heterocycles. The van der Waals surface area contributed by atoms with E-state index in [9.17, 15) is 23.6 Å². The summed E-state index contributed by atoms with van der Waals surface area (Å²) in [6.45, 7) is 3.26. The molecule has 0 unspecified atom stereocenters. The first-order valence-corrected chi connectivity index (χ1v) is 7.77. The molecule has 116 valence electrons. The third-order valence-electron chi connectivity index (χ3n) is 3.09. The fourth-order valence-corrected chi connectivity index (χ4v) is 3.27. The summed E-state index contributed by atoms with van der Waals surface area (Å²) in [5.41, 5.74) is 0.730. The molecule has 0 fully saturated rings. The molecule has 0 radical (unpaired) electrons. The van der Waals surface area contributed by atoms with Crippen LogP contribution < -0.4 is 4.72 Å². The molecule has 0 heterocycles. The first-order chi connectivity index (χ1) is 10.2. The highest BCUT2D eigenvalue weighted by Crippen LogP contribution is 2.29. The van der Waals surface area contributed by atoms with E-state index >= 15 is 0 Å². The summed E-state index contributed by atoms with van der Waals surface area (Å²) in [7, 11) is -4.11. The zero-order valence-corrected chi connectivity index (χ0v) is 12.7. The predicted octanol–water partition coefficient (Wildman–Crippen LogP) is 2.72. The molecule has 2 N–H and O–H groups in total. The van der Waals surface area contributed by atoms with Crippen LogP contribution in [0.25, 0.3) is 0 Å². The summed E-state index contributed by atoms with van der Waals surface area (Å²) in [5.74, 6) is 0.0774. The summed E-state index contributed by atoms with van der Waals surface area (Å²) in [6.07, 6.45) is 0. The Bertz CT molecular complexity index is 823. The first kappa shape index (κ1) is 15.8. The van der Waals surface area contributed by atoms with Crippen LogP contribution in [0, 0.1) is 24.0 Å². The average Bonchev–Trinajstić information content (AvgIpc) is 2.44. The molecule has 22 heavy (non-hydrogen) atoms. The van der Waals surface area contributed by atoms with Crippen molar-refractivity contribution in [3.05, 3.63) is 57.6 Å². The number of nitro benzene ring substituents is 1. The van der Waals surface area contributed by atoms with Gasteiger partial charge in [0, 0.05) is 11.8 Å². The van der Waals surface area contributed by atoms with E-state index in [1.54, 1.807) is 13.8 Å². The number of sulfonamides is 1. The number of nitrogens with zero attached hydrogens (tertiary/aromatic N) is 1. The molecule has 2 aromatic rings. The highest BCUT2D eigenvalue weighted by molar-refractivity contribution is 7.92. The van der Waals surface area contributed by atoms with Crippen molar-refractivity contribution < 1.29 is 18.4 Å². The van der Waals surface area contributed by atoms with Gasteiger partial charge >= 0.3 is 0 Å². The monoisotopic (exact) mass is 322 g/mol. The number of phenolic OH excluding ortho intramolecular Hbond substituents is 1. The number of hydrogen-bond donors (Lipinski definition) is 2. The van der Waals surface area contributed by atoms with E-state index in [-0.39, 0.29) is 11.4 Å². The highest BCUT2D eigenvalue weighted by Gasteiger charge is 2.25. The summed E-state index contributed by atoms with van der Waals surface area (Å²) in [5, 5.41) is 20.7. The summed E-state index contributed by atoms with van der Waals surface area (Å²) in [4.78, 5) is 9.79. The number of nitrogens with one attached hydrogen (secondary N) is 1. The molecule has 0 amide bonds. The van der Waals surface area contributed by atoms with E-state index < -0.39 is 25.5 Å². The Labute approximate surface area is 127 Å². The van der Waals surface area contributed by atoms with Crippen LogP contribution in [0.15, 0.2) is 41.3 Å². The van der Waals surface area contributed by atoms with Crippen molar-refractivity contribution in [3.63, 3.8) is 0 Å². The van der Waals surface area contributed by atoms with Crippen molar-refractivity contribution in [3.8, 4) is 5.75 Å². The van der Waals surface area contributed by atoms with Gasteiger partial charge in [-0.3, -0.25) is 14.8 Å². The topological polar surface area (TPSA) is 110 Å². The molecule has 0 aliphatic rings. The number of phenols is 1. The third kappa shape index (κ3) is 3.01. The number of rotatable bonds is 4. The smallest absolute Gasteiger partial charge is 0.289 e. The van der Waals surface area contributed by atoms with Gasteiger partial charge in [0.2, 0.25) is 0 Å². The largest absolute Gasteiger partial charge is 0.507 e. The molecule has 0 aromatic heterocycles. The van der Waals surface area contributed by atoms with Gasteiger partial charge in [0.15, 0.2) is 4.90 Å².